The fourth-order valence-electron chi connectivity index (χ4n) is 3.24. The van der Waals surface area contributed by atoms with Crippen molar-refractivity contribution in [1.82, 2.24) is 4.90 Å². The van der Waals surface area contributed by atoms with Crippen molar-refractivity contribution in [3.63, 3.8) is 0 Å². The molecule has 0 bridgehead atoms. The minimum absolute atomic E-state index is 0.0850. The fraction of sp³-hybridized carbons (Fsp3) is 0.316. The van der Waals surface area contributed by atoms with Crippen molar-refractivity contribution >= 4 is 27.3 Å². The van der Waals surface area contributed by atoms with Crippen molar-refractivity contribution in [1.29, 1.82) is 0 Å². The van der Waals surface area contributed by atoms with Crippen molar-refractivity contribution in [3.05, 3.63) is 70.2 Å². The molecule has 4 nitrogen and oxygen atoms in total. The van der Waals surface area contributed by atoms with Crippen LogP contribution in [0.4, 0.5) is 13.2 Å². The van der Waals surface area contributed by atoms with E-state index in [2.05, 4.69) is 0 Å². The number of carbonyl (C=O) groups is 1. The first-order valence-electron chi connectivity index (χ1n) is 8.52. The summed E-state index contributed by atoms with van der Waals surface area (Å²) in [6, 6.07) is 10.7. The first-order chi connectivity index (χ1) is 13.1. The molecule has 0 aliphatic carbocycles. The van der Waals surface area contributed by atoms with Crippen molar-refractivity contribution < 1.29 is 26.4 Å². The van der Waals surface area contributed by atoms with Gasteiger partial charge in [0.25, 0.3) is 5.91 Å². The Morgan fingerprint density at radius 1 is 1.07 bits per heavy atom. The molecule has 2 aromatic rings. The van der Waals surface area contributed by atoms with Gasteiger partial charge in [-0.3, -0.25) is 4.79 Å². The highest BCUT2D eigenvalue weighted by Gasteiger charge is 2.35. The van der Waals surface area contributed by atoms with E-state index in [0.29, 0.717) is 10.6 Å². The van der Waals surface area contributed by atoms with Crippen molar-refractivity contribution in [3.8, 4) is 0 Å². The molecule has 0 N–H and O–H groups in total. The molecule has 0 spiro atoms. The Hall–Kier alpha value is -2.06. The number of nitrogens with zero attached hydrogens (tertiary/aromatic N) is 1. The van der Waals surface area contributed by atoms with Crippen molar-refractivity contribution in [2.45, 2.75) is 17.8 Å². The third-order valence-electron chi connectivity index (χ3n) is 4.72. The first-order valence-corrected chi connectivity index (χ1v) is 10.6. The van der Waals surface area contributed by atoms with Gasteiger partial charge in [0.2, 0.25) is 0 Å². The van der Waals surface area contributed by atoms with Gasteiger partial charge in [0.15, 0.2) is 9.84 Å². The van der Waals surface area contributed by atoms with Gasteiger partial charge in [-0.05, 0) is 36.2 Å². The number of alkyl halides is 3. The molecule has 2 aromatic carbocycles. The van der Waals surface area contributed by atoms with E-state index in [1.54, 1.807) is 24.3 Å². The number of sulfone groups is 1. The Bertz CT molecular complexity index is 992. The second-order valence-electron chi connectivity index (χ2n) is 6.54. The molecule has 28 heavy (non-hydrogen) atoms. The van der Waals surface area contributed by atoms with Crippen LogP contribution >= 0.6 is 11.6 Å². The normalized spacial score (nSPS) is 19.9. The average molecular weight is 432 g/mol. The molecule has 0 unspecified atom stereocenters. The average Bonchev–Trinajstić information content (AvgIpc) is 2.79. The van der Waals surface area contributed by atoms with E-state index in [1.165, 1.54) is 11.0 Å². The zero-order valence-corrected chi connectivity index (χ0v) is 16.2. The lowest BCUT2D eigenvalue weighted by molar-refractivity contribution is -0.137. The summed E-state index contributed by atoms with van der Waals surface area (Å²) in [6.45, 7) is 0.0164. The number of halogens is 4. The summed E-state index contributed by atoms with van der Waals surface area (Å²) >= 11 is 6.14. The molecule has 1 atom stereocenters. The van der Waals surface area contributed by atoms with Crippen LogP contribution in [0.15, 0.2) is 48.5 Å². The van der Waals surface area contributed by atoms with Gasteiger partial charge in [0.1, 0.15) is 0 Å². The number of amides is 1. The minimum atomic E-state index is -4.56. The molecular formula is C19H17ClF3NO3S. The van der Waals surface area contributed by atoms with E-state index >= 15 is 0 Å². The molecule has 1 saturated heterocycles. The molecule has 1 aliphatic rings. The van der Waals surface area contributed by atoms with E-state index in [9.17, 15) is 26.4 Å². The summed E-state index contributed by atoms with van der Waals surface area (Å²) in [4.78, 5) is 14.0. The second-order valence-corrected chi connectivity index (χ2v) is 9.25. The number of rotatable bonds is 2. The van der Waals surface area contributed by atoms with Gasteiger partial charge in [-0.1, -0.05) is 35.9 Å². The Morgan fingerprint density at radius 3 is 2.46 bits per heavy atom. The summed E-state index contributed by atoms with van der Waals surface area (Å²) in [5.41, 5.74) is -0.573. The molecule has 0 aromatic heterocycles. The third kappa shape index (κ3) is 4.33. The summed E-state index contributed by atoms with van der Waals surface area (Å²) in [7, 11) is -3.57. The highest BCUT2D eigenvalue weighted by Crippen LogP contribution is 2.34. The van der Waals surface area contributed by atoms with Gasteiger partial charge >= 0.3 is 6.18 Å². The largest absolute Gasteiger partial charge is 0.416 e. The minimum Gasteiger partial charge on any atom is -0.338 e. The number of benzene rings is 2. The summed E-state index contributed by atoms with van der Waals surface area (Å²) in [5, 5.41) is -0.533. The van der Waals surface area contributed by atoms with Gasteiger partial charge in [-0.25, -0.2) is 8.42 Å². The quantitative estimate of drug-likeness (QED) is 0.710. The van der Waals surface area contributed by atoms with Gasteiger partial charge in [0, 0.05) is 23.7 Å². The molecule has 1 heterocycles. The Kier molecular flexibility index (Phi) is 5.72. The summed E-state index contributed by atoms with van der Waals surface area (Å²) < 4.78 is 64.1. The van der Waals surface area contributed by atoms with Crippen molar-refractivity contribution in [2.24, 2.45) is 0 Å². The van der Waals surface area contributed by atoms with Crippen LogP contribution in [0.25, 0.3) is 0 Å². The molecule has 1 aliphatic heterocycles. The number of carbonyl (C=O) groups excluding carboxylic acids is 1. The third-order valence-corrected chi connectivity index (χ3v) is 7.17. The van der Waals surface area contributed by atoms with E-state index in [1.807, 2.05) is 0 Å². The Balaban J connectivity index is 1.85. The van der Waals surface area contributed by atoms with Gasteiger partial charge < -0.3 is 4.90 Å². The van der Waals surface area contributed by atoms with Crippen LogP contribution in [0.2, 0.25) is 5.02 Å². The van der Waals surface area contributed by atoms with Crippen LogP contribution in [0, 0.1) is 0 Å². The maximum Gasteiger partial charge on any atom is 0.416 e. The zero-order chi connectivity index (χ0) is 20.5. The molecule has 0 radical (unpaired) electrons. The van der Waals surface area contributed by atoms with Crippen LogP contribution in [0.3, 0.4) is 0 Å². The first kappa shape index (κ1) is 20.7. The SMILES string of the molecule is O=C(c1cccc(C(F)(F)F)c1)N1CC[C@@H](c2ccccc2Cl)S(=O)(=O)CC1. The summed E-state index contributed by atoms with van der Waals surface area (Å²) in [5.74, 6) is -0.908. The molecule has 0 saturated carbocycles. The fourth-order valence-corrected chi connectivity index (χ4v) is 5.39. The van der Waals surface area contributed by atoms with Crippen LogP contribution in [-0.2, 0) is 16.0 Å². The predicted molar refractivity (Wildman–Crippen MR) is 99.9 cm³/mol. The Labute approximate surface area is 165 Å². The lowest BCUT2D eigenvalue weighted by Gasteiger charge is -2.20. The Morgan fingerprint density at radius 2 is 1.79 bits per heavy atom. The smallest absolute Gasteiger partial charge is 0.338 e. The van der Waals surface area contributed by atoms with Gasteiger partial charge in [-0.2, -0.15) is 13.2 Å². The van der Waals surface area contributed by atoms with E-state index < -0.39 is 32.7 Å². The molecular weight excluding hydrogens is 415 g/mol. The monoisotopic (exact) mass is 431 g/mol. The second kappa shape index (κ2) is 7.75. The van der Waals surface area contributed by atoms with E-state index in [4.69, 9.17) is 11.6 Å². The molecule has 9 heteroatoms. The highest BCUT2D eigenvalue weighted by molar-refractivity contribution is 7.91. The maximum atomic E-state index is 12.9. The van der Waals surface area contributed by atoms with Crippen LogP contribution in [0.5, 0.6) is 0 Å². The highest BCUT2D eigenvalue weighted by atomic mass is 35.5. The zero-order valence-electron chi connectivity index (χ0n) is 14.6. The predicted octanol–water partition coefficient (Wildman–Crippen LogP) is 4.36. The standard InChI is InChI=1S/C19H17ClF3NO3S/c20-16-7-2-1-6-15(16)17-8-9-24(10-11-28(17,26)27)18(25)13-4-3-5-14(12-13)19(21,22)23/h1-7,12,17H,8-11H2/t17-/m0/s1. The number of hydrogen-bond acceptors (Lipinski definition) is 3. The maximum absolute atomic E-state index is 12.9. The van der Waals surface area contributed by atoms with Crippen LogP contribution in [0.1, 0.15) is 33.2 Å². The van der Waals surface area contributed by atoms with Gasteiger partial charge in [-0.15, -0.1) is 0 Å². The molecule has 1 fully saturated rings. The topological polar surface area (TPSA) is 54.5 Å². The van der Waals surface area contributed by atoms with Crippen molar-refractivity contribution in [2.75, 3.05) is 18.8 Å². The lowest BCUT2D eigenvalue weighted by atomic mass is 10.1. The lowest BCUT2D eigenvalue weighted by Crippen LogP contribution is -2.33. The molecule has 1 amide bonds. The van der Waals surface area contributed by atoms with Crippen LogP contribution < -0.4 is 0 Å². The van der Waals surface area contributed by atoms with Gasteiger partial charge in [0.05, 0.1) is 16.6 Å². The molecule has 3 rings (SSSR count). The molecule has 150 valence electrons. The summed E-state index contributed by atoms with van der Waals surface area (Å²) in [6.07, 6.45) is -4.44. The number of hydrogen-bond donors (Lipinski definition) is 0. The van der Waals surface area contributed by atoms with E-state index in [-0.39, 0.29) is 30.8 Å². The van der Waals surface area contributed by atoms with E-state index in [0.717, 1.165) is 18.2 Å². The van der Waals surface area contributed by atoms with Crippen LogP contribution in [-0.4, -0.2) is 38.1 Å².